The molecule has 3 rings (SSSR count). The predicted octanol–water partition coefficient (Wildman–Crippen LogP) is 0.664. The van der Waals surface area contributed by atoms with Crippen molar-refractivity contribution in [1.82, 2.24) is 0 Å². The van der Waals surface area contributed by atoms with Crippen LogP contribution >= 0.6 is 0 Å². The fraction of sp³-hybridized carbons (Fsp3) is 0.600. The molecule has 2 saturated heterocycles. The van der Waals surface area contributed by atoms with Gasteiger partial charge in [0.05, 0.1) is 6.61 Å². The molecule has 6 nitrogen and oxygen atoms in total. The summed E-state index contributed by atoms with van der Waals surface area (Å²) in [6.45, 7) is 3.79. The lowest BCUT2D eigenvalue weighted by Gasteiger charge is -2.48. The lowest BCUT2D eigenvalue weighted by atomic mass is 9.97. The molecule has 0 aliphatic carbocycles. The third-order valence-corrected chi connectivity index (χ3v) is 3.65. The lowest BCUT2D eigenvalue weighted by Crippen LogP contribution is -2.65. The van der Waals surface area contributed by atoms with Crippen molar-refractivity contribution >= 4 is 0 Å². The van der Waals surface area contributed by atoms with E-state index in [1.807, 2.05) is 18.2 Å². The molecule has 0 spiro atoms. The van der Waals surface area contributed by atoms with Gasteiger partial charge in [-0.3, -0.25) is 0 Å². The standard InChI is InChI=1S/C15H20O6/c1-15(2)18-8-10-13(21-15)11(16)12(17)14(20-10)19-9-6-4-3-5-7-9/h3-7,10-14,16-17H,8H2,1-2H3/t10-,11+,12+,13-,14+/m1/s1. The first kappa shape index (κ1) is 14.7. The van der Waals surface area contributed by atoms with E-state index in [1.54, 1.807) is 26.0 Å². The fourth-order valence-corrected chi connectivity index (χ4v) is 2.56. The molecule has 21 heavy (non-hydrogen) atoms. The Labute approximate surface area is 123 Å². The van der Waals surface area contributed by atoms with E-state index in [1.165, 1.54) is 0 Å². The van der Waals surface area contributed by atoms with E-state index in [2.05, 4.69) is 0 Å². The molecule has 0 aromatic heterocycles. The third kappa shape index (κ3) is 3.04. The third-order valence-electron chi connectivity index (χ3n) is 3.65. The minimum Gasteiger partial charge on any atom is -0.462 e. The van der Waals surface area contributed by atoms with Gasteiger partial charge in [-0.15, -0.1) is 0 Å². The molecule has 1 aromatic rings. The van der Waals surface area contributed by atoms with Gasteiger partial charge in [0.2, 0.25) is 6.29 Å². The normalized spacial score (nSPS) is 38.6. The maximum absolute atomic E-state index is 10.3. The van der Waals surface area contributed by atoms with Crippen LogP contribution in [-0.2, 0) is 14.2 Å². The van der Waals surface area contributed by atoms with Crippen LogP contribution in [0.3, 0.4) is 0 Å². The van der Waals surface area contributed by atoms with Gasteiger partial charge < -0.3 is 29.2 Å². The van der Waals surface area contributed by atoms with Gasteiger partial charge in [-0.25, -0.2) is 0 Å². The van der Waals surface area contributed by atoms with Crippen molar-refractivity contribution in [3.8, 4) is 5.75 Å². The van der Waals surface area contributed by atoms with Crippen LogP contribution in [0.2, 0.25) is 0 Å². The molecule has 0 unspecified atom stereocenters. The van der Waals surface area contributed by atoms with Crippen LogP contribution < -0.4 is 4.74 Å². The molecule has 2 heterocycles. The highest BCUT2D eigenvalue weighted by Gasteiger charge is 2.51. The second-order valence-electron chi connectivity index (χ2n) is 5.75. The molecule has 2 fully saturated rings. The summed E-state index contributed by atoms with van der Waals surface area (Å²) in [6.07, 6.45) is -4.37. The maximum Gasteiger partial charge on any atom is 0.229 e. The number of hydrogen-bond donors (Lipinski definition) is 2. The number of aliphatic hydroxyl groups is 2. The van der Waals surface area contributed by atoms with Gasteiger partial charge >= 0.3 is 0 Å². The quantitative estimate of drug-likeness (QED) is 0.835. The molecule has 116 valence electrons. The van der Waals surface area contributed by atoms with Crippen LogP contribution in [0.4, 0.5) is 0 Å². The summed E-state index contributed by atoms with van der Waals surface area (Å²) >= 11 is 0. The first-order valence-corrected chi connectivity index (χ1v) is 7.01. The molecule has 0 saturated carbocycles. The zero-order valence-corrected chi connectivity index (χ0v) is 12.0. The summed E-state index contributed by atoms with van der Waals surface area (Å²) < 4.78 is 22.5. The SMILES string of the molecule is CC1(C)OC[C@H]2O[C@H](Oc3ccccc3)[C@@H](O)[C@H](O)[C@@H]2O1. The number of fused-ring (bicyclic) bond motifs is 1. The Hall–Kier alpha value is -1.18. The predicted molar refractivity (Wildman–Crippen MR) is 72.6 cm³/mol. The zero-order chi connectivity index (χ0) is 15.0. The Balaban J connectivity index is 1.72. The molecular formula is C15H20O6. The van der Waals surface area contributed by atoms with Crippen LogP contribution in [0.5, 0.6) is 5.75 Å². The van der Waals surface area contributed by atoms with Crippen molar-refractivity contribution in [2.24, 2.45) is 0 Å². The highest BCUT2D eigenvalue weighted by molar-refractivity contribution is 5.21. The Morgan fingerprint density at radius 3 is 2.57 bits per heavy atom. The average Bonchev–Trinajstić information content (AvgIpc) is 2.46. The van der Waals surface area contributed by atoms with Gasteiger partial charge in [-0.05, 0) is 26.0 Å². The van der Waals surface area contributed by atoms with E-state index in [0.717, 1.165) is 0 Å². The highest BCUT2D eigenvalue weighted by atomic mass is 16.8. The molecule has 0 amide bonds. The Bertz CT molecular complexity index is 474. The van der Waals surface area contributed by atoms with Crippen LogP contribution in [0.1, 0.15) is 13.8 Å². The van der Waals surface area contributed by atoms with Crippen molar-refractivity contribution in [2.75, 3.05) is 6.61 Å². The van der Waals surface area contributed by atoms with Gasteiger partial charge in [0.25, 0.3) is 0 Å². The van der Waals surface area contributed by atoms with E-state index in [4.69, 9.17) is 18.9 Å². The van der Waals surface area contributed by atoms with Crippen molar-refractivity contribution in [3.63, 3.8) is 0 Å². The number of ether oxygens (including phenoxy) is 4. The smallest absolute Gasteiger partial charge is 0.229 e. The lowest BCUT2D eigenvalue weighted by molar-refractivity contribution is -0.373. The van der Waals surface area contributed by atoms with Gasteiger partial charge in [-0.2, -0.15) is 0 Å². The number of hydrogen-bond acceptors (Lipinski definition) is 6. The molecule has 6 heteroatoms. The number of para-hydroxylation sites is 1. The van der Waals surface area contributed by atoms with E-state index < -0.39 is 36.5 Å². The molecule has 1 aromatic carbocycles. The van der Waals surface area contributed by atoms with E-state index in [0.29, 0.717) is 5.75 Å². The van der Waals surface area contributed by atoms with Crippen LogP contribution in [0.25, 0.3) is 0 Å². The largest absolute Gasteiger partial charge is 0.462 e. The van der Waals surface area contributed by atoms with E-state index in [-0.39, 0.29) is 6.61 Å². The Morgan fingerprint density at radius 2 is 1.86 bits per heavy atom. The molecule has 5 atom stereocenters. The number of benzene rings is 1. The second-order valence-corrected chi connectivity index (χ2v) is 5.75. The number of aliphatic hydroxyl groups excluding tert-OH is 2. The highest BCUT2D eigenvalue weighted by Crippen LogP contribution is 2.33. The zero-order valence-electron chi connectivity index (χ0n) is 12.0. The van der Waals surface area contributed by atoms with Crippen LogP contribution in [0.15, 0.2) is 30.3 Å². The minimum atomic E-state index is -1.19. The maximum atomic E-state index is 10.3. The van der Waals surface area contributed by atoms with Gasteiger partial charge in [0.1, 0.15) is 30.2 Å². The minimum absolute atomic E-state index is 0.274. The summed E-state index contributed by atoms with van der Waals surface area (Å²) in [5, 5.41) is 20.5. The topological polar surface area (TPSA) is 77.4 Å². The molecule has 2 N–H and O–H groups in total. The molecular weight excluding hydrogens is 276 g/mol. The van der Waals surface area contributed by atoms with E-state index in [9.17, 15) is 10.2 Å². The van der Waals surface area contributed by atoms with Crippen LogP contribution in [0, 0.1) is 0 Å². The Kier molecular flexibility index (Phi) is 3.90. The Morgan fingerprint density at radius 1 is 1.14 bits per heavy atom. The summed E-state index contributed by atoms with van der Waals surface area (Å²) in [4.78, 5) is 0. The summed E-state index contributed by atoms with van der Waals surface area (Å²) in [7, 11) is 0. The summed E-state index contributed by atoms with van der Waals surface area (Å²) in [6, 6.07) is 9.01. The number of rotatable bonds is 2. The van der Waals surface area contributed by atoms with Gasteiger partial charge in [-0.1, -0.05) is 18.2 Å². The molecule has 0 radical (unpaired) electrons. The molecule has 2 aliphatic heterocycles. The average molecular weight is 296 g/mol. The molecule has 2 aliphatic rings. The summed E-state index contributed by atoms with van der Waals surface area (Å²) in [5.41, 5.74) is 0. The van der Waals surface area contributed by atoms with Gasteiger partial charge in [0, 0.05) is 0 Å². The first-order valence-electron chi connectivity index (χ1n) is 7.01. The van der Waals surface area contributed by atoms with Crippen molar-refractivity contribution in [1.29, 1.82) is 0 Å². The van der Waals surface area contributed by atoms with Crippen molar-refractivity contribution in [2.45, 2.75) is 50.3 Å². The first-order chi connectivity index (χ1) is 9.96. The van der Waals surface area contributed by atoms with Crippen molar-refractivity contribution in [3.05, 3.63) is 30.3 Å². The van der Waals surface area contributed by atoms with Crippen LogP contribution in [-0.4, -0.2) is 53.3 Å². The fourth-order valence-electron chi connectivity index (χ4n) is 2.56. The molecule has 0 bridgehead atoms. The van der Waals surface area contributed by atoms with Gasteiger partial charge in [0.15, 0.2) is 5.79 Å². The summed E-state index contributed by atoms with van der Waals surface area (Å²) in [5.74, 6) is -0.247. The van der Waals surface area contributed by atoms with E-state index >= 15 is 0 Å². The monoisotopic (exact) mass is 296 g/mol. The van der Waals surface area contributed by atoms with Crippen molar-refractivity contribution < 1.29 is 29.2 Å². The second kappa shape index (κ2) is 5.55.